The summed E-state index contributed by atoms with van der Waals surface area (Å²) in [4.78, 5) is 39.8. The van der Waals surface area contributed by atoms with E-state index >= 15 is 0 Å². The van der Waals surface area contributed by atoms with Crippen LogP contribution >= 0.6 is 11.6 Å². The zero-order valence-corrected chi connectivity index (χ0v) is 15.7. The largest absolute Gasteiger partial charge is 0.481 e. The first-order valence-corrected chi connectivity index (χ1v) is 8.89. The molecule has 29 heavy (non-hydrogen) atoms. The van der Waals surface area contributed by atoms with E-state index in [4.69, 9.17) is 11.6 Å². The molecule has 1 unspecified atom stereocenters. The van der Waals surface area contributed by atoms with Crippen molar-refractivity contribution in [1.82, 2.24) is 4.98 Å². The lowest BCUT2D eigenvalue weighted by molar-refractivity contribution is -0.138. The summed E-state index contributed by atoms with van der Waals surface area (Å²) in [6.07, 6.45) is -0.571. The Hall–Kier alpha value is -3.65. The molecule has 9 heteroatoms. The van der Waals surface area contributed by atoms with Gasteiger partial charge in [0.2, 0.25) is 5.91 Å². The molecule has 0 fully saturated rings. The number of hydrogen-bond acceptors (Lipinski definition) is 5. The number of fused-ring (bicyclic) bond motifs is 1. The summed E-state index contributed by atoms with van der Waals surface area (Å²) in [6.45, 7) is 0. The number of carbonyl (C=O) groups is 3. The summed E-state index contributed by atoms with van der Waals surface area (Å²) in [6, 6.07) is 13.4. The number of aromatic nitrogens is 1. The van der Waals surface area contributed by atoms with Gasteiger partial charge in [-0.3, -0.25) is 9.59 Å². The van der Waals surface area contributed by atoms with Gasteiger partial charge in [-0.15, -0.1) is 0 Å². The maximum atomic E-state index is 12.6. The van der Waals surface area contributed by atoms with Gasteiger partial charge >= 0.3 is 11.9 Å². The number of amides is 1. The third kappa shape index (κ3) is 4.99. The molecule has 0 aliphatic rings. The first kappa shape index (κ1) is 20.1. The molecule has 3 rings (SSSR count). The van der Waals surface area contributed by atoms with E-state index in [9.17, 15) is 24.6 Å². The molecule has 8 nitrogen and oxygen atoms in total. The highest BCUT2D eigenvalue weighted by molar-refractivity contribution is 6.31. The summed E-state index contributed by atoms with van der Waals surface area (Å²) in [5, 5.41) is 24.9. The lowest BCUT2D eigenvalue weighted by atomic mass is 10.1. The molecular weight excluding hydrogens is 398 g/mol. The number of hydrogen-bond donors (Lipinski definition) is 4. The van der Waals surface area contributed by atoms with Crippen LogP contribution in [0.3, 0.4) is 0 Å². The van der Waals surface area contributed by atoms with E-state index in [1.165, 1.54) is 6.07 Å². The van der Waals surface area contributed by atoms with Crippen molar-refractivity contribution in [1.29, 1.82) is 0 Å². The topological polar surface area (TPSA) is 129 Å². The zero-order chi connectivity index (χ0) is 21.0. The number of aliphatic carboxylic acids is 1. The van der Waals surface area contributed by atoms with Gasteiger partial charge in [0.1, 0.15) is 17.4 Å². The average molecular weight is 414 g/mol. The van der Waals surface area contributed by atoms with Crippen molar-refractivity contribution in [3.05, 3.63) is 65.2 Å². The third-order valence-electron chi connectivity index (χ3n) is 4.05. The number of anilines is 2. The monoisotopic (exact) mass is 413 g/mol. The number of nitrogens with zero attached hydrogens (tertiary/aromatic N) is 1. The van der Waals surface area contributed by atoms with Crippen molar-refractivity contribution in [3.8, 4) is 0 Å². The van der Waals surface area contributed by atoms with E-state index < -0.39 is 30.3 Å². The molecule has 0 bridgehead atoms. The zero-order valence-electron chi connectivity index (χ0n) is 14.9. The van der Waals surface area contributed by atoms with E-state index in [-0.39, 0.29) is 11.4 Å². The molecule has 0 saturated heterocycles. The second kappa shape index (κ2) is 8.57. The molecule has 1 aromatic heterocycles. The second-order valence-corrected chi connectivity index (χ2v) is 6.61. The Morgan fingerprint density at radius 3 is 2.41 bits per heavy atom. The Morgan fingerprint density at radius 1 is 1.03 bits per heavy atom. The van der Waals surface area contributed by atoms with Gasteiger partial charge in [0.15, 0.2) is 0 Å². The molecular formula is C20H16ClN3O5. The number of carbonyl (C=O) groups excluding carboxylic acids is 1. The smallest absolute Gasteiger partial charge is 0.339 e. The van der Waals surface area contributed by atoms with Gasteiger partial charge in [-0.05, 0) is 36.4 Å². The fraction of sp³-hybridized carbons (Fsp3) is 0.100. The highest BCUT2D eigenvalue weighted by Gasteiger charge is 2.25. The van der Waals surface area contributed by atoms with E-state index in [0.29, 0.717) is 21.6 Å². The Bertz CT molecular complexity index is 1090. The van der Waals surface area contributed by atoms with Crippen molar-refractivity contribution >= 4 is 51.9 Å². The number of carboxylic acid groups (broad SMARTS) is 2. The lowest BCUT2D eigenvalue weighted by Crippen LogP contribution is -2.37. The normalized spacial score (nSPS) is 11.6. The number of rotatable bonds is 7. The van der Waals surface area contributed by atoms with Gasteiger partial charge < -0.3 is 20.8 Å². The van der Waals surface area contributed by atoms with Crippen molar-refractivity contribution in [2.45, 2.75) is 12.5 Å². The van der Waals surface area contributed by atoms with E-state index in [0.717, 1.165) is 0 Å². The quantitative estimate of drug-likeness (QED) is 0.466. The predicted molar refractivity (Wildman–Crippen MR) is 108 cm³/mol. The van der Waals surface area contributed by atoms with Crippen LogP contribution in [0.15, 0.2) is 54.6 Å². The van der Waals surface area contributed by atoms with Gasteiger partial charge in [-0.1, -0.05) is 29.8 Å². The van der Waals surface area contributed by atoms with Crippen LogP contribution in [-0.2, 0) is 9.59 Å². The minimum atomic E-state index is -1.28. The maximum absolute atomic E-state index is 12.6. The van der Waals surface area contributed by atoms with Crippen molar-refractivity contribution in [3.63, 3.8) is 0 Å². The van der Waals surface area contributed by atoms with Crippen LogP contribution < -0.4 is 10.6 Å². The molecule has 148 valence electrons. The highest BCUT2D eigenvalue weighted by Crippen LogP contribution is 2.24. The van der Waals surface area contributed by atoms with E-state index in [1.807, 2.05) is 0 Å². The number of benzene rings is 2. The van der Waals surface area contributed by atoms with Crippen LogP contribution in [-0.4, -0.2) is 39.1 Å². The summed E-state index contributed by atoms with van der Waals surface area (Å²) in [5.41, 5.74) is 0.719. The van der Waals surface area contributed by atoms with Gasteiger partial charge in [-0.2, -0.15) is 0 Å². The molecule has 0 saturated carbocycles. The number of nitrogens with one attached hydrogen (secondary N) is 2. The molecule has 4 N–H and O–H groups in total. The number of pyridine rings is 1. The fourth-order valence-corrected chi connectivity index (χ4v) is 2.90. The highest BCUT2D eigenvalue weighted by atomic mass is 35.5. The van der Waals surface area contributed by atoms with Crippen LogP contribution in [0.4, 0.5) is 11.5 Å². The minimum Gasteiger partial charge on any atom is -0.481 e. The van der Waals surface area contributed by atoms with Gasteiger partial charge in [0.05, 0.1) is 11.9 Å². The van der Waals surface area contributed by atoms with Gasteiger partial charge in [0, 0.05) is 16.1 Å². The number of carboxylic acids is 2. The predicted octanol–water partition coefficient (Wildman–Crippen LogP) is 3.48. The molecule has 0 aliphatic heterocycles. The lowest BCUT2D eigenvalue weighted by Gasteiger charge is -2.19. The number of para-hydroxylation sites is 1. The van der Waals surface area contributed by atoms with Crippen LogP contribution in [0, 0.1) is 0 Å². The van der Waals surface area contributed by atoms with Crippen LogP contribution in [0.5, 0.6) is 0 Å². The van der Waals surface area contributed by atoms with Crippen molar-refractivity contribution in [2.75, 3.05) is 10.6 Å². The SMILES string of the molecule is O=C(O)CC(Nc1nc2ccc(Cl)cc2cc1C(=O)O)C(=O)Nc1ccccc1. The fourth-order valence-electron chi connectivity index (χ4n) is 2.72. The molecule has 3 aromatic rings. The summed E-state index contributed by atoms with van der Waals surface area (Å²) >= 11 is 5.94. The molecule has 0 radical (unpaired) electrons. The van der Waals surface area contributed by atoms with Crippen LogP contribution in [0.2, 0.25) is 5.02 Å². The minimum absolute atomic E-state index is 0.109. The van der Waals surface area contributed by atoms with Crippen molar-refractivity contribution < 1.29 is 24.6 Å². The second-order valence-electron chi connectivity index (χ2n) is 6.18. The summed E-state index contributed by atoms with van der Waals surface area (Å²) < 4.78 is 0. The average Bonchev–Trinajstić information content (AvgIpc) is 2.67. The Kier molecular flexibility index (Phi) is 5.94. The van der Waals surface area contributed by atoms with E-state index in [2.05, 4.69) is 15.6 Å². The first-order valence-electron chi connectivity index (χ1n) is 8.51. The maximum Gasteiger partial charge on any atom is 0.339 e. The molecule has 1 heterocycles. The van der Waals surface area contributed by atoms with Crippen LogP contribution in [0.1, 0.15) is 16.8 Å². The van der Waals surface area contributed by atoms with Gasteiger partial charge in [-0.25, -0.2) is 9.78 Å². The standard InChI is InChI=1S/C20H16ClN3O5/c21-12-6-7-15-11(8-12)9-14(20(28)29)18(23-15)24-16(10-17(25)26)19(27)22-13-4-2-1-3-5-13/h1-9,16H,10H2,(H,22,27)(H,23,24)(H,25,26)(H,28,29). The number of aromatic carboxylic acids is 1. The number of halogens is 1. The molecule has 1 atom stereocenters. The van der Waals surface area contributed by atoms with Crippen LogP contribution in [0.25, 0.3) is 10.9 Å². The van der Waals surface area contributed by atoms with E-state index in [1.54, 1.807) is 48.5 Å². The Balaban J connectivity index is 1.95. The Labute approximate surface area is 170 Å². The molecule has 0 aliphatic carbocycles. The molecule has 1 amide bonds. The molecule has 0 spiro atoms. The molecule has 2 aromatic carbocycles. The Morgan fingerprint density at radius 2 is 1.76 bits per heavy atom. The first-order chi connectivity index (χ1) is 13.8. The summed E-state index contributed by atoms with van der Waals surface area (Å²) in [5.74, 6) is -3.25. The van der Waals surface area contributed by atoms with Crippen molar-refractivity contribution in [2.24, 2.45) is 0 Å². The summed E-state index contributed by atoms with van der Waals surface area (Å²) in [7, 11) is 0. The third-order valence-corrected chi connectivity index (χ3v) is 4.29. The van der Waals surface area contributed by atoms with Gasteiger partial charge in [0.25, 0.3) is 0 Å².